The zero-order chi connectivity index (χ0) is 18.4. The molecule has 1 aliphatic rings. The Hall–Kier alpha value is -1.31. The lowest BCUT2D eigenvalue weighted by Gasteiger charge is -2.34. The number of ether oxygens (including phenoxy) is 2. The predicted octanol–water partition coefficient (Wildman–Crippen LogP) is 2.35. The number of methoxy groups -OCH3 is 2. The molecule has 6 nitrogen and oxygen atoms in total. The number of hydrogen-bond acceptors (Lipinski definition) is 5. The summed E-state index contributed by atoms with van der Waals surface area (Å²) in [7, 11) is -0.538. The quantitative estimate of drug-likeness (QED) is 0.712. The lowest BCUT2D eigenvalue weighted by Crippen LogP contribution is -2.40. The second kappa shape index (κ2) is 8.87. The Balaban J connectivity index is 1.87. The summed E-state index contributed by atoms with van der Waals surface area (Å²) in [5, 5.41) is 0. The van der Waals surface area contributed by atoms with E-state index in [9.17, 15) is 8.42 Å². The minimum atomic E-state index is -3.55. The largest absolute Gasteiger partial charge is 0.493 e. The molecule has 1 aromatic rings. The number of piperidine rings is 1. The minimum Gasteiger partial charge on any atom is -0.493 e. The second-order valence-electron chi connectivity index (χ2n) is 6.97. The molecule has 7 heteroatoms. The molecule has 0 amide bonds. The molecule has 0 aliphatic carbocycles. The SMILES string of the molecule is COc1ccc(S(=O)(=O)NCCCN2CC(C)CC(C)C2)cc1OC. The van der Waals surface area contributed by atoms with E-state index in [2.05, 4.69) is 23.5 Å². The molecule has 2 unspecified atom stereocenters. The molecule has 1 saturated heterocycles. The summed E-state index contributed by atoms with van der Waals surface area (Å²) in [5.41, 5.74) is 0. The summed E-state index contributed by atoms with van der Waals surface area (Å²) in [5.74, 6) is 2.34. The fourth-order valence-corrected chi connectivity index (χ4v) is 4.64. The van der Waals surface area contributed by atoms with Crippen LogP contribution in [-0.4, -0.2) is 53.7 Å². The lowest BCUT2D eigenvalue weighted by molar-refractivity contribution is 0.140. The molecular formula is C18H30N2O4S. The third-order valence-electron chi connectivity index (χ3n) is 4.55. The first-order valence-corrected chi connectivity index (χ1v) is 10.3. The van der Waals surface area contributed by atoms with Crippen LogP contribution in [0.2, 0.25) is 0 Å². The zero-order valence-corrected chi connectivity index (χ0v) is 16.4. The first kappa shape index (κ1) is 20.0. The highest BCUT2D eigenvalue weighted by atomic mass is 32.2. The molecule has 2 atom stereocenters. The van der Waals surface area contributed by atoms with Gasteiger partial charge in [-0.05, 0) is 43.4 Å². The monoisotopic (exact) mass is 370 g/mol. The van der Waals surface area contributed by atoms with Crippen LogP contribution in [0, 0.1) is 11.8 Å². The van der Waals surface area contributed by atoms with Crippen molar-refractivity contribution in [3.63, 3.8) is 0 Å². The van der Waals surface area contributed by atoms with Gasteiger partial charge < -0.3 is 14.4 Å². The van der Waals surface area contributed by atoms with E-state index in [1.165, 1.54) is 32.8 Å². The Labute approximate surface area is 151 Å². The van der Waals surface area contributed by atoms with Crippen molar-refractivity contribution in [1.82, 2.24) is 9.62 Å². The van der Waals surface area contributed by atoms with Crippen molar-refractivity contribution in [3.05, 3.63) is 18.2 Å². The molecule has 1 fully saturated rings. The molecule has 1 aromatic carbocycles. The van der Waals surface area contributed by atoms with E-state index in [1.54, 1.807) is 6.07 Å². The van der Waals surface area contributed by atoms with Gasteiger partial charge in [0.15, 0.2) is 11.5 Å². The fraction of sp³-hybridized carbons (Fsp3) is 0.667. The lowest BCUT2D eigenvalue weighted by atomic mass is 9.92. The van der Waals surface area contributed by atoms with Gasteiger partial charge in [-0.15, -0.1) is 0 Å². The molecule has 0 bridgehead atoms. The summed E-state index contributed by atoms with van der Waals surface area (Å²) in [6, 6.07) is 4.61. The molecule has 1 N–H and O–H groups in total. The van der Waals surface area contributed by atoms with Crippen molar-refractivity contribution >= 4 is 10.0 Å². The molecule has 0 radical (unpaired) electrons. The number of benzene rings is 1. The first-order valence-electron chi connectivity index (χ1n) is 8.79. The first-order chi connectivity index (χ1) is 11.9. The van der Waals surface area contributed by atoms with Gasteiger partial charge in [-0.1, -0.05) is 13.8 Å². The van der Waals surface area contributed by atoms with Crippen LogP contribution in [0.1, 0.15) is 26.7 Å². The predicted molar refractivity (Wildman–Crippen MR) is 98.7 cm³/mol. The number of hydrogen-bond donors (Lipinski definition) is 1. The minimum absolute atomic E-state index is 0.186. The molecule has 1 aliphatic heterocycles. The molecule has 25 heavy (non-hydrogen) atoms. The van der Waals surface area contributed by atoms with Crippen LogP contribution in [0.15, 0.2) is 23.1 Å². The fourth-order valence-electron chi connectivity index (χ4n) is 3.55. The molecule has 0 spiro atoms. The standard InChI is InChI=1S/C18H30N2O4S/c1-14-10-15(2)13-20(12-14)9-5-8-19-25(21,22)16-6-7-17(23-3)18(11-16)24-4/h6-7,11,14-15,19H,5,8-10,12-13H2,1-4H3. The molecule has 0 saturated carbocycles. The Morgan fingerprint density at radius 1 is 1.12 bits per heavy atom. The Morgan fingerprint density at radius 2 is 1.76 bits per heavy atom. The van der Waals surface area contributed by atoms with Crippen molar-refractivity contribution in [1.29, 1.82) is 0 Å². The van der Waals surface area contributed by atoms with E-state index in [-0.39, 0.29) is 4.90 Å². The molecule has 2 rings (SSSR count). The third-order valence-corrected chi connectivity index (χ3v) is 6.01. The van der Waals surface area contributed by atoms with Crippen molar-refractivity contribution in [2.24, 2.45) is 11.8 Å². The van der Waals surface area contributed by atoms with Gasteiger partial charge >= 0.3 is 0 Å². The number of nitrogens with zero attached hydrogens (tertiary/aromatic N) is 1. The molecule has 1 heterocycles. The van der Waals surface area contributed by atoms with Crippen LogP contribution in [0.25, 0.3) is 0 Å². The maximum absolute atomic E-state index is 12.4. The number of rotatable bonds is 8. The average Bonchev–Trinajstić information content (AvgIpc) is 2.57. The van der Waals surface area contributed by atoms with Crippen LogP contribution in [0.4, 0.5) is 0 Å². The van der Waals surface area contributed by atoms with Gasteiger partial charge in [0, 0.05) is 25.7 Å². The molecule has 0 aromatic heterocycles. The van der Waals surface area contributed by atoms with E-state index < -0.39 is 10.0 Å². The van der Waals surface area contributed by atoms with Crippen molar-refractivity contribution in [3.8, 4) is 11.5 Å². The van der Waals surface area contributed by atoms with Crippen LogP contribution in [0.5, 0.6) is 11.5 Å². The van der Waals surface area contributed by atoms with E-state index in [1.807, 2.05) is 0 Å². The maximum atomic E-state index is 12.4. The topological polar surface area (TPSA) is 67.9 Å². The Bertz CT molecular complexity index is 653. The van der Waals surface area contributed by atoms with Crippen molar-refractivity contribution < 1.29 is 17.9 Å². The van der Waals surface area contributed by atoms with Crippen LogP contribution < -0.4 is 14.2 Å². The highest BCUT2D eigenvalue weighted by Gasteiger charge is 2.21. The Morgan fingerprint density at radius 3 is 2.36 bits per heavy atom. The van der Waals surface area contributed by atoms with Gasteiger partial charge in [-0.25, -0.2) is 13.1 Å². The van der Waals surface area contributed by atoms with Gasteiger partial charge in [0.05, 0.1) is 19.1 Å². The van der Waals surface area contributed by atoms with Crippen LogP contribution >= 0.6 is 0 Å². The Kier molecular flexibility index (Phi) is 7.10. The summed E-state index contributed by atoms with van der Waals surface area (Å²) in [4.78, 5) is 2.62. The van der Waals surface area contributed by atoms with Crippen molar-refractivity contribution in [2.45, 2.75) is 31.6 Å². The van der Waals surface area contributed by atoms with Gasteiger partial charge in [-0.3, -0.25) is 0 Å². The number of sulfonamides is 1. The average molecular weight is 371 g/mol. The molecular weight excluding hydrogens is 340 g/mol. The third kappa shape index (κ3) is 5.59. The normalized spacial score (nSPS) is 21.9. The van der Waals surface area contributed by atoms with Crippen LogP contribution in [-0.2, 0) is 10.0 Å². The number of nitrogens with one attached hydrogen (secondary N) is 1. The van der Waals surface area contributed by atoms with Crippen molar-refractivity contribution in [2.75, 3.05) is 40.4 Å². The highest BCUT2D eigenvalue weighted by molar-refractivity contribution is 7.89. The van der Waals surface area contributed by atoms with E-state index >= 15 is 0 Å². The zero-order valence-electron chi connectivity index (χ0n) is 15.6. The molecule has 142 valence electrons. The smallest absolute Gasteiger partial charge is 0.240 e. The summed E-state index contributed by atoms with van der Waals surface area (Å²) >= 11 is 0. The van der Waals surface area contributed by atoms with E-state index in [0.717, 1.165) is 26.1 Å². The second-order valence-corrected chi connectivity index (χ2v) is 8.74. The summed E-state index contributed by atoms with van der Waals surface area (Å²) in [6.45, 7) is 8.11. The van der Waals surface area contributed by atoms with Gasteiger partial charge in [0.2, 0.25) is 10.0 Å². The van der Waals surface area contributed by atoms with E-state index in [4.69, 9.17) is 9.47 Å². The van der Waals surface area contributed by atoms with Gasteiger partial charge in [-0.2, -0.15) is 0 Å². The maximum Gasteiger partial charge on any atom is 0.240 e. The number of likely N-dealkylation sites (tertiary alicyclic amines) is 1. The van der Waals surface area contributed by atoms with E-state index in [0.29, 0.717) is 29.9 Å². The van der Waals surface area contributed by atoms with Gasteiger partial charge in [0.25, 0.3) is 0 Å². The summed E-state index contributed by atoms with van der Waals surface area (Å²) in [6.07, 6.45) is 2.08. The van der Waals surface area contributed by atoms with Crippen LogP contribution in [0.3, 0.4) is 0 Å². The highest BCUT2D eigenvalue weighted by Crippen LogP contribution is 2.29. The summed E-state index contributed by atoms with van der Waals surface area (Å²) < 4.78 is 37.9. The van der Waals surface area contributed by atoms with Gasteiger partial charge in [0.1, 0.15) is 0 Å².